The van der Waals surface area contributed by atoms with Gasteiger partial charge in [-0.2, -0.15) is 5.26 Å². The van der Waals surface area contributed by atoms with Crippen LogP contribution in [-0.2, 0) is 0 Å². The zero-order valence-corrected chi connectivity index (χ0v) is 10.3. The Morgan fingerprint density at radius 2 is 1.88 bits per heavy atom. The number of nitrogens with one attached hydrogen (secondary N) is 1. The van der Waals surface area contributed by atoms with Crippen LogP contribution in [-0.4, -0.2) is 13.1 Å². The van der Waals surface area contributed by atoms with Gasteiger partial charge >= 0.3 is 0 Å². The van der Waals surface area contributed by atoms with Crippen molar-refractivity contribution in [2.24, 2.45) is 11.3 Å². The van der Waals surface area contributed by atoms with Gasteiger partial charge < -0.3 is 5.32 Å². The molecule has 2 aliphatic carbocycles. The van der Waals surface area contributed by atoms with Crippen molar-refractivity contribution in [3.63, 3.8) is 0 Å². The zero-order chi connectivity index (χ0) is 11.3. The van der Waals surface area contributed by atoms with E-state index in [-0.39, 0.29) is 5.41 Å². The van der Waals surface area contributed by atoms with Crippen LogP contribution < -0.4 is 5.32 Å². The third kappa shape index (κ3) is 2.98. The number of hydrogen-bond donors (Lipinski definition) is 1. The molecule has 2 heteroatoms. The molecule has 0 aromatic rings. The molecule has 1 N–H and O–H groups in total. The average molecular weight is 220 g/mol. The van der Waals surface area contributed by atoms with Crippen LogP contribution in [0.1, 0.15) is 57.8 Å². The van der Waals surface area contributed by atoms with Crippen molar-refractivity contribution < 1.29 is 0 Å². The molecule has 0 radical (unpaired) electrons. The van der Waals surface area contributed by atoms with Gasteiger partial charge in [-0.3, -0.25) is 0 Å². The average Bonchev–Trinajstić information content (AvgIpc) is 2.29. The summed E-state index contributed by atoms with van der Waals surface area (Å²) in [6.07, 6.45) is 12.0. The topological polar surface area (TPSA) is 35.8 Å². The van der Waals surface area contributed by atoms with E-state index >= 15 is 0 Å². The van der Waals surface area contributed by atoms with Gasteiger partial charge in [0.1, 0.15) is 0 Å². The maximum atomic E-state index is 9.09. The second-order valence-corrected chi connectivity index (χ2v) is 5.72. The number of nitrogens with zero attached hydrogens (tertiary/aromatic N) is 1. The SMILES string of the molecule is N#CC1(CNCCC2CCCCC2)CCC1. The minimum absolute atomic E-state index is 0.00651. The zero-order valence-electron chi connectivity index (χ0n) is 10.3. The minimum Gasteiger partial charge on any atom is -0.315 e. The first kappa shape index (κ1) is 11.9. The molecule has 0 saturated heterocycles. The molecular weight excluding hydrogens is 196 g/mol. The van der Waals surface area contributed by atoms with Crippen LogP contribution in [0.3, 0.4) is 0 Å². The predicted octanol–water partition coefficient (Wildman–Crippen LogP) is 3.24. The molecule has 16 heavy (non-hydrogen) atoms. The molecule has 0 aromatic carbocycles. The summed E-state index contributed by atoms with van der Waals surface area (Å²) in [6.45, 7) is 2.05. The Labute approximate surface area is 99.4 Å². The third-order valence-corrected chi connectivity index (χ3v) is 4.47. The second-order valence-electron chi connectivity index (χ2n) is 5.72. The van der Waals surface area contributed by atoms with Crippen LogP contribution in [0.25, 0.3) is 0 Å². The van der Waals surface area contributed by atoms with Crippen LogP contribution in [0.15, 0.2) is 0 Å². The lowest BCUT2D eigenvalue weighted by atomic mass is 9.70. The van der Waals surface area contributed by atoms with Gasteiger partial charge in [-0.15, -0.1) is 0 Å². The fourth-order valence-electron chi connectivity index (χ4n) is 3.04. The molecular formula is C14H24N2. The van der Waals surface area contributed by atoms with E-state index in [4.69, 9.17) is 5.26 Å². The van der Waals surface area contributed by atoms with Gasteiger partial charge in [-0.1, -0.05) is 38.5 Å². The summed E-state index contributed by atoms with van der Waals surface area (Å²) in [5.41, 5.74) is 0.00651. The standard InChI is InChI=1S/C14H24N2/c15-11-14(8-4-9-14)12-16-10-7-13-5-2-1-3-6-13/h13,16H,1-10,12H2. The summed E-state index contributed by atoms with van der Waals surface area (Å²) in [7, 11) is 0. The molecule has 0 bridgehead atoms. The maximum Gasteiger partial charge on any atom is 0.0703 e. The highest BCUT2D eigenvalue weighted by molar-refractivity contribution is 5.05. The highest BCUT2D eigenvalue weighted by Crippen LogP contribution is 2.39. The van der Waals surface area contributed by atoms with Crippen LogP contribution in [0.4, 0.5) is 0 Å². The first-order chi connectivity index (χ1) is 7.85. The molecule has 0 heterocycles. The molecule has 2 aliphatic rings. The normalized spacial score (nSPS) is 24.7. The fourth-order valence-corrected chi connectivity index (χ4v) is 3.04. The summed E-state index contributed by atoms with van der Waals surface area (Å²) < 4.78 is 0. The summed E-state index contributed by atoms with van der Waals surface area (Å²) >= 11 is 0. The van der Waals surface area contributed by atoms with Crippen molar-refractivity contribution in [3.8, 4) is 6.07 Å². The van der Waals surface area contributed by atoms with Crippen LogP contribution in [0, 0.1) is 22.7 Å². The number of rotatable bonds is 5. The molecule has 2 fully saturated rings. The lowest BCUT2D eigenvalue weighted by Crippen LogP contribution is -2.39. The minimum atomic E-state index is 0.00651. The highest BCUT2D eigenvalue weighted by Gasteiger charge is 2.36. The van der Waals surface area contributed by atoms with E-state index in [1.54, 1.807) is 0 Å². The first-order valence-electron chi connectivity index (χ1n) is 6.97. The number of nitriles is 1. The Hall–Kier alpha value is -0.550. The molecule has 0 aromatic heterocycles. The van der Waals surface area contributed by atoms with E-state index in [1.807, 2.05) is 0 Å². The van der Waals surface area contributed by atoms with E-state index in [0.29, 0.717) is 0 Å². The van der Waals surface area contributed by atoms with Gasteiger partial charge in [0, 0.05) is 6.54 Å². The van der Waals surface area contributed by atoms with Gasteiger partial charge in [0.25, 0.3) is 0 Å². The second kappa shape index (κ2) is 5.68. The maximum absolute atomic E-state index is 9.09. The Kier molecular flexibility index (Phi) is 4.23. The first-order valence-corrected chi connectivity index (χ1v) is 6.97. The van der Waals surface area contributed by atoms with Crippen molar-refractivity contribution in [3.05, 3.63) is 0 Å². The lowest BCUT2D eigenvalue weighted by Gasteiger charge is -2.35. The lowest BCUT2D eigenvalue weighted by molar-refractivity contribution is 0.204. The molecule has 0 amide bonds. The Morgan fingerprint density at radius 1 is 1.12 bits per heavy atom. The van der Waals surface area contributed by atoms with Crippen LogP contribution >= 0.6 is 0 Å². The van der Waals surface area contributed by atoms with Crippen molar-refractivity contribution in [1.29, 1.82) is 5.26 Å². The van der Waals surface area contributed by atoms with E-state index in [9.17, 15) is 0 Å². The van der Waals surface area contributed by atoms with Gasteiger partial charge in [0.15, 0.2) is 0 Å². The smallest absolute Gasteiger partial charge is 0.0703 e. The van der Waals surface area contributed by atoms with Crippen LogP contribution in [0.5, 0.6) is 0 Å². The van der Waals surface area contributed by atoms with Gasteiger partial charge in [-0.25, -0.2) is 0 Å². The molecule has 0 spiro atoms. The molecule has 2 saturated carbocycles. The van der Waals surface area contributed by atoms with Crippen LogP contribution in [0.2, 0.25) is 0 Å². The van der Waals surface area contributed by atoms with E-state index in [0.717, 1.165) is 31.8 Å². The van der Waals surface area contributed by atoms with E-state index in [1.165, 1.54) is 44.9 Å². The highest BCUT2D eigenvalue weighted by atomic mass is 14.9. The fraction of sp³-hybridized carbons (Fsp3) is 0.929. The van der Waals surface area contributed by atoms with Gasteiger partial charge in [0.05, 0.1) is 11.5 Å². The van der Waals surface area contributed by atoms with Gasteiger partial charge in [0.2, 0.25) is 0 Å². The summed E-state index contributed by atoms with van der Waals surface area (Å²) in [4.78, 5) is 0. The molecule has 0 aliphatic heterocycles. The third-order valence-electron chi connectivity index (χ3n) is 4.47. The molecule has 0 unspecified atom stereocenters. The quantitative estimate of drug-likeness (QED) is 0.722. The summed E-state index contributed by atoms with van der Waals surface area (Å²) in [5.74, 6) is 0.959. The monoisotopic (exact) mass is 220 g/mol. The summed E-state index contributed by atoms with van der Waals surface area (Å²) in [5, 5.41) is 12.6. The van der Waals surface area contributed by atoms with Crippen molar-refractivity contribution >= 4 is 0 Å². The van der Waals surface area contributed by atoms with Crippen molar-refractivity contribution in [2.75, 3.05) is 13.1 Å². The van der Waals surface area contributed by atoms with Crippen molar-refractivity contribution in [2.45, 2.75) is 57.8 Å². The Bertz CT molecular complexity index is 244. The number of hydrogen-bond acceptors (Lipinski definition) is 2. The molecule has 2 nitrogen and oxygen atoms in total. The van der Waals surface area contributed by atoms with E-state index < -0.39 is 0 Å². The van der Waals surface area contributed by atoms with Gasteiger partial charge in [-0.05, 0) is 31.7 Å². The molecule has 90 valence electrons. The predicted molar refractivity (Wildman–Crippen MR) is 66.0 cm³/mol. The summed E-state index contributed by atoms with van der Waals surface area (Å²) in [6, 6.07) is 2.49. The largest absolute Gasteiger partial charge is 0.315 e. The molecule has 2 rings (SSSR count). The van der Waals surface area contributed by atoms with E-state index in [2.05, 4.69) is 11.4 Å². The molecule has 0 atom stereocenters. The Balaban J connectivity index is 1.56. The van der Waals surface area contributed by atoms with Crippen molar-refractivity contribution in [1.82, 2.24) is 5.32 Å². The Morgan fingerprint density at radius 3 is 2.44 bits per heavy atom.